The Balaban J connectivity index is 3.46. The summed E-state index contributed by atoms with van der Waals surface area (Å²) in [7, 11) is 0. The number of esters is 1. The van der Waals surface area contributed by atoms with Gasteiger partial charge >= 0.3 is 5.97 Å². The molecule has 2 atom stereocenters. The predicted octanol–water partition coefficient (Wildman–Crippen LogP) is 14.6. The first kappa shape index (κ1) is 54.6. The first-order valence-corrected chi connectivity index (χ1v) is 25.0. The van der Waals surface area contributed by atoms with E-state index in [4.69, 9.17) is 4.74 Å². The zero-order valence-electron chi connectivity index (χ0n) is 37.6. The van der Waals surface area contributed by atoms with Crippen molar-refractivity contribution in [3.05, 3.63) is 12.2 Å². The van der Waals surface area contributed by atoms with Crippen LogP contribution < -0.4 is 5.32 Å². The number of aliphatic hydroxyl groups is 2. The molecule has 0 heterocycles. The minimum absolute atomic E-state index is 0.000922. The van der Waals surface area contributed by atoms with E-state index < -0.39 is 12.1 Å². The van der Waals surface area contributed by atoms with Crippen LogP contribution in [-0.2, 0) is 14.3 Å². The van der Waals surface area contributed by atoms with Gasteiger partial charge in [0.25, 0.3) is 0 Å². The molecule has 6 heteroatoms. The molecule has 0 radical (unpaired) electrons. The van der Waals surface area contributed by atoms with Crippen molar-refractivity contribution in [1.29, 1.82) is 0 Å². The van der Waals surface area contributed by atoms with Gasteiger partial charge in [-0.3, -0.25) is 9.59 Å². The van der Waals surface area contributed by atoms with Gasteiger partial charge in [0.2, 0.25) is 5.91 Å². The van der Waals surface area contributed by atoms with Crippen LogP contribution in [-0.4, -0.2) is 47.4 Å². The van der Waals surface area contributed by atoms with Crippen LogP contribution in [0.5, 0.6) is 0 Å². The van der Waals surface area contributed by atoms with E-state index in [1.54, 1.807) is 6.08 Å². The Kier molecular flexibility index (Phi) is 45.1. The van der Waals surface area contributed by atoms with Crippen molar-refractivity contribution < 1.29 is 24.5 Å². The SMILES string of the molecule is CCCCCCCCCCCCC/C=C/C(O)C(CO)NC(=O)CCCCCCCCCCCCCCCCCOC(=O)CCCCCCCCCCCCC. The van der Waals surface area contributed by atoms with Crippen LogP contribution in [0.3, 0.4) is 0 Å². The predicted molar refractivity (Wildman–Crippen MR) is 241 cm³/mol. The summed E-state index contributed by atoms with van der Waals surface area (Å²) >= 11 is 0. The minimum atomic E-state index is -0.848. The molecule has 56 heavy (non-hydrogen) atoms. The average molecular weight is 792 g/mol. The highest BCUT2D eigenvalue weighted by atomic mass is 16.5. The Morgan fingerprint density at radius 3 is 1.21 bits per heavy atom. The van der Waals surface area contributed by atoms with Gasteiger partial charge in [0.05, 0.1) is 25.4 Å². The average Bonchev–Trinajstić information content (AvgIpc) is 3.20. The number of nitrogens with one attached hydrogen (secondary N) is 1. The molecular weight excluding hydrogens is 695 g/mol. The molecule has 0 saturated carbocycles. The molecule has 0 saturated heterocycles. The van der Waals surface area contributed by atoms with Crippen molar-refractivity contribution in [1.82, 2.24) is 5.32 Å². The number of carbonyl (C=O) groups excluding carboxylic acids is 2. The Labute approximate surface area is 349 Å². The fraction of sp³-hybridized carbons (Fsp3) is 0.920. The van der Waals surface area contributed by atoms with E-state index in [0.717, 1.165) is 44.9 Å². The van der Waals surface area contributed by atoms with Crippen LogP contribution in [0, 0.1) is 0 Å². The van der Waals surface area contributed by atoms with Gasteiger partial charge in [0.1, 0.15) is 0 Å². The van der Waals surface area contributed by atoms with Crippen molar-refractivity contribution in [3.8, 4) is 0 Å². The largest absolute Gasteiger partial charge is 0.466 e. The monoisotopic (exact) mass is 792 g/mol. The highest BCUT2D eigenvalue weighted by Gasteiger charge is 2.18. The van der Waals surface area contributed by atoms with Crippen LogP contribution in [0.2, 0.25) is 0 Å². The summed E-state index contributed by atoms with van der Waals surface area (Å²) < 4.78 is 5.45. The molecule has 0 bridgehead atoms. The first-order chi connectivity index (χ1) is 27.5. The quantitative estimate of drug-likeness (QED) is 0.0324. The number of hydrogen-bond donors (Lipinski definition) is 3. The lowest BCUT2D eigenvalue weighted by atomic mass is 10.0. The van der Waals surface area contributed by atoms with Crippen LogP contribution in [0.25, 0.3) is 0 Å². The summed E-state index contributed by atoms with van der Waals surface area (Å²) in [6.45, 7) is 4.88. The standard InChI is InChI=1S/C50H97NO5/c1-3-5-7-9-11-13-15-19-23-26-30-34-38-42-48(53)47(46-52)51-49(54)43-39-35-31-27-24-20-17-16-18-21-25-29-33-37-41-45-56-50(55)44-40-36-32-28-22-14-12-10-8-6-4-2/h38,42,47-48,52-53H,3-37,39-41,43-46H2,1-2H3,(H,51,54)/b42-38+. The van der Waals surface area contributed by atoms with E-state index in [0.29, 0.717) is 19.4 Å². The normalized spacial score (nSPS) is 12.7. The first-order valence-electron chi connectivity index (χ1n) is 25.0. The summed E-state index contributed by atoms with van der Waals surface area (Å²) in [5, 5.41) is 23.0. The Morgan fingerprint density at radius 2 is 0.821 bits per heavy atom. The lowest BCUT2D eigenvalue weighted by Crippen LogP contribution is -2.45. The molecule has 0 aromatic rings. The lowest BCUT2D eigenvalue weighted by molar-refractivity contribution is -0.143. The number of rotatable bonds is 46. The smallest absolute Gasteiger partial charge is 0.305 e. The zero-order chi connectivity index (χ0) is 40.8. The third kappa shape index (κ3) is 42.2. The second-order valence-corrected chi connectivity index (χ2v) is 17.2. The number of aliphatic hydroxyl groups excluding tert-OH is 2. The lowest BCUT2D eigenvalue weighted by Gasteiger charge is -2.20. The molecule has 0 aliphatic heterocycles. The van der Waals surface area contributed by atoms with E-state index in [1.165, 1.54) is 199 Å². The number of amides is 1. The van der Waals surface area contributed by atoms with Gasteiger partial charge in [-0.05, 0) is 32.1 Å². The molecule has 6 nitrogen and oxygen atoms in total. The molecule has 0 aromatic heterocycles. The van der Waals surface area contributed by atoms with Gasteiger partial charge in [-0.2, -0.15) is 0 Å². The molecule has 332 valence electrons. The van der Waals surface area contributed by atoms with E-state index in [9.17, 15) is 19.8 Å². The molecule has 0 aliphatic carbocycles. The van der Waals surface area contributed by atoms with Gasteiger partial charge in [-0.1, -0.05) is 238 Å². The molecule has 0 rings (SSSR count). The fourth-order valence-corrected chi connectivity index (χ4v) is 7.69. The van der Waals surface area contributed by atoms with Gasteiger partial charge in [0, 0.05) is 12.8 Å². The maximum Gasteiger partial charge on any atom is 0.305 e. The Hall–Kier alpha value is -1.40. The van der Waals surface area contributed by atoms with E-state index in [2.05, 4.69) is 19.2 Å². The van der Waals surface area contributed by atoms with Crippen LogP contribution in [0.1, 0.15) is 271 Å². The topological polar surface area (TPSA) is 95.9 Å². The van der Waals surface area contributed by atoms with Gasteiger partial charge in [0.15, 0.2) is 0 Å². The van der Waals surface area contributed by atoms with Crippen molar-refractivity contribution in [2.75, 3.05) is 13.2 Å². The maximum absolute atomic E-state index is 12.4. The van der Waals surface area contributed by atoms with Crippen molar-refractivity contribution in [2.45, 2.75) is 283 Å². The third-order valence-corrected chi connectivity index (χ3v) is 11.6. The summed E-state index contributed by atoms with van der Waals surface area (Å²) in [5.41, 5.74) is 0. The van der Waals surface area contributed by atoms with Crippen LogP contribution in [0.4, 0.5) is 0 Å². The third-order valence-electron chi connectivity index (χ3n) is 11.6. The number of allylic oxidation sites excluding steroid dienone is 1. The fourth-order valence-electron chi connectivity index (χ4n) is 7.69. The Bertz CT molecular complexity index is 832. The molecule has 0 aromatic carbocycles. The molecule has 0 fully saturated rings. The molecule has 3 N–H and O–H groups in total. The highest BCUT2D eigenvalue weighted by Crippen LogP contribution is 2.16. The Morgan fingerprint density at radius 1 is 0.482 bits per heavy atom. The van der Waals surface area contributed by atoms with Crippen LogP contribution >= 0.6 is 0 Å². The van der Waals surface area contributed by atoms with Gasteiger partial charge in [-0.25, -0.2) is 0 Å². The highest BCUT2D eigenvalue weighted by molar-refractivity contribution is 5.76. The van der Waals surface area contributed by atoms with Crippen LogP contribution in [0.15, 0.2) is 12.2 Å². The minimum Gasteiger partial charge on any atom is -0.466 e. The molecular formula is C50H97NO5. The second kappa shape index (κ2) is 46.3. The summed E-state index contributed by atoms with van der Waals surface area (Å²) in [6, 6.07) is -0.632. The summed E-state index contributed by atoms with van der Waals surface area (Å²) in [6.07, 6.45) is 52.0. The number of hydrogen-bond acceptors (Lipinski definition) is 5. The van der Waals surface area contributed by atoms with E-state index in [1.807, 2.05) is 6.08 Å². The van der Waals surface area contributed by atoms with E-state index in [-0.39, 0.29) is 18.5 Å². The summed E-state index contributed by atoms with van der Waals surface area (Å²) in [4.78, 5) is 24.4. The van der Waals surface area contributed by atoms with Crippen molar-refractivity contribution in [2.24, 2.45) is 0 Å². The number of ether oxygens (including phenoxy) is 1. The van der Waals surface area contributed by atoms with Gasteiger partial charge in [-0.15, -0.1) is 0 Å². The molecule has 1 amide bonds. The molecule has 0 aliphatic rings. The molecule has 2 unspecified atom stereocenters. The van der Waals surface area contributed by atoms with Gasteiger partial charge < -0.3 is 20.3 Å². The van der Waals surface area contributed by atoms with E-state index >= 15 is 0 Å². The number of unbranched alkanes of at least 4 members (excludes halogenated alkanes) is 35. The number of carbonyl (C=O) groups is 2. The van der Waals surface area contributed by atoms with Crippen molar-refractivity contribution in [3.63, 3.8) is 0 Å². The second-order valence-electron chi connectivity index (χ2n) is 17.2. The zero-order valence-corrected chi connectivity index (χ0v) is 37.6. The molecule has 0 spiro atoms. The maximum atomic E-state index is 12.4. The summed E-state index contributed by atoms with van der Waals surface area (Å²) in [5.74, 6) is -0.0772. The van der Waals surface area contributed by atoms with Crippen molar-refractivity contribution >= 4 is 11.9 Å².